The lowest BCUT2D eigenvalue weighted by Gasteiger charge is -2.32. The van der Waals surface area contributed by atoms with Crippen LogP contribution in [0, 0.1) is 0 Å². The zero-order valence-corrected chi connectivity index (χ0v) is 27.1. The summed E-state index contributed by atoms with van der Waals surface area (Å²) in [4.78, 5) is 45.6. The maximum atomic E-state index is 14.3. The van der Waals surface area contributed by atoms with E-state index in [9.17, 15) is 18.9 Å². The van der Waals surface area contributed by atoms with Crippen molar-refractivity contribution in [3.05, 3.63) is 54.5 Å². The molecular weight excluding hydrogens is 623 g/mol. The third-order valence-corrected chi connectivity index (χ3v) is 8.28. The smallest absolute Gasteiger partial charge is 0.459 e. The van der Waals surface area contributed by atoms with Crippen molar-refractivity contribution >= 4 is 43.2 Å². The van der Waals surface area contributed by atoms with Crippen LogP contribution in [0.25, 0.3) is 5.52 Å². The first-order valence-electron chi connectivity index (χ1n) is 14.3. The number of para-hydroxylation sites is 1. The monoisotopic (exact) mass is 660 g/mol. The van der Waals surface area contributed by atoms with Crippen molar-refractivity contribution in [3.63, 3.8) is 0 Å². The van der Waals surface area contributed by atoms with Crippen molar-refractivity contribution in [2.24, 2.45) is 4.99 Å². The maximum absolute atomic E-state index is 14.3. The van der Waals surface area contributed by atoms with Gasteiger partial charge in [0.15, 0.2) is 23.6 Å². The number of anilines is 1. The highest BCUT2D eigenvalue weighted by atomic mass is 31.2. The molecule has 3 N–H and O–H groups in total. The minimum Gasteiger partial charge on any atom is -0.462 e. The summed E-state index contributed by atoms with van der Waals surface area (Å²) in [6.07, 6.45) is -1.68. The summed E-state index contributed by atoms with van der Waals surface area (Å²) in [5, 5.41) is 6.86. The molecule has 46 heavy (non-hydrogen) atoms. The quantitative estimate of drug-likeness (QED) is 0.117. The molecule has 1 aromatic carbocycles. The van der Waals surface area contributed by atoms with Gasteiger partial charge in [-0.15, -0.1) is 0 Å². The highest BCUT2D eigenvalue weighted by Gasteiger charge is 2.60. The second-order valence-electron chi connectivity index (χ2n) is 10.7. The van der Waals surface area contributed by atoms with E-state index in [1.807, 2.05) is 0 Å². The Morgan fingerprint density at radius 1 is 1.13 bits per heavy atom. The number of aromatic nitrogens is 3. The number of nitrogen functional groups attached to an aromatic ring is 1. The average molecular weight is 661 g/mol. The first-order chi connectivity index (χ1) is 21.8. The van der Waals surface area contributed by atoms with Crippen LogP contribution in [-0.4, -0.2) is 82.3 Å². The van der Waals surface area contributed by atoms with E-state index in [-0.39, 0.29) is 11.6 Å². The van der Waals surface area contributed by atoms with Crippen LogP contribution in [-0.2, 0) is 42.4 Å². The maximum Gasteiger partial charge on any atom is 0.459 e. The second-order valence-corrected chi connectivity index (χ2v) is 12.4. The summed E-state index contributed by atoms with van der Waals surface area (Å²) < 4.78 is 50.6. The number of hydrogen-bond donors (Lipinski definition) is 2. The standard InChI is InChI=1S/C29H37N6O10P/c1-17(2)41-28(38)18(3)34-46(39,45-21-10-8-7-9-11-21)40-15-29(14-31-6)26(43-20(5)37)25(42-19(4)36)24(44-29)22-12-13-23-27(30)32-16-33-35(22)23/h7-14,16-18,24-26H,15H2,1-6H3,(H,34,39)(H2,30,32,33)/t18-,24-,25-,26-,29+,46-/m0/s1. The van der Waals surface area contributed by atoms with E-state index in [2.05, 4.69) is 20.2 Å². The fourth-order valence-corrected chi connectivity index (χ4v) is 6.41. The predicted octanol–water partition coefficient (Wildman–Crippen LogP) is 2.82. The topological polar surface area (TPSA) is 204 Å². The lowest BCUT2D eigenvalue weighted by atomic mass is 9.95. The van der Waals surface area contributed by atoms with Crippen LogP contribution in [0.5, 0.6) is 5.75 Å². The number of benzene rings is 1. The van der Waals surface area contributed by atoms with Crippen LogP contribution in [0.4, 0.5) is 5.82 Å². The first-order valence-corrected chi connectivity index (χ1v) is 15.8. The molecule has 0 aliphatic carbocycles. The number of rotatable bonds is 13. The Balaban J connectivity index is 1.77. The Bertz CT molecular complexity index is 1630. The average Bonchev–Trinajstić information content (AvgIpc) is 3.52. The summed E-state index contributed by atoms with van der Waals surface area (Å²) in [5.74, 6) is -1.80. The summed E-state index contributed by atoms with van der Waals surface area (Å²) in [6, 6.07) is 10.3. The molecule has 0 amide bonds. The van der Waals surface area contributed by atoms with Crippen molar-refractivity contribution in [2.45, 2.75) is 70.7 Å². The molecule has 248 valence electrons. The van der Waals surface area contributed by atoms with Gasteiger partial charge in [0, 0.05) is 27.1 Å². The van der Waals surface area contributed by atoms with Gasteiger partial charge in [-0.05, 0) is 45.0 Å². The molecule has 0 radical (unpaired) electrons. The lowest BCUT2D eigenvalue weighted by Crippen LogP contribution is -2.51. The third kappa shape index (κ3) is 7.88. The Labute approximate surface area is 265 Å². The van der Waals surface area contributed by atoms with Crippen LogP contribution in [0.15, 0.2) is 53.8 Å². The van der Waals surface area contributed by atoms with Crippen LogP contribution >= 0.6 is 7.75 Å². The van der Waals surface area contributed by atoms with Crippen molar-refractivity contribution in [2.75, 3.05) is 19.4 Å². The number of carbonyl (C=O) groups excluding carboxylic acids is 3. The molecule has 16 nitrogen and oxygen atoms in total. The number of carbonyl (C=O) groups is 3. The molecule has 0 spiro atoms. The van der Waals surface area contributed by atoms with Gasteiger partial charge in [0.2, 0.25) is 0 Å². The summed E-state index contributed by atoms with van der Waals surface area (Å²) in [6.45, 7) is 6.51. The summed E-state index contributed by atoms with van der Waals surface area (Å²) in [7, 11) is -2.99. The van der Waals surface area contributed by atoms with Crippen molar-refractivity contribution in [1.82, 2.24) is 19.7 Å². The molecular formula is C29H37N6O10P. The Kier molecular flexibility index (Phi) is 10.8. The minimum absolute atomic E-state index is 0.164. The molecule has 6 atom stereocenters. The minimum atomic E-state index is -4.43. The number of hydrogen-bond acceptors (Lipinski definition) is 14. The molecule has 1 aliphatic rings. The number of esters is 3. The highest BCUT2D eigenvalue weighted by molar-refractivity contribution is 7.52. The van der Waals surface area contributed by atoms with Gasteiger partial charge in [0.1, 0.15) is 29.7 Å². The summed E-state index contributed by atoms with van der Waals surface area (Å²) in [5.41, 5.74) is 5.03. The van der Waals surface area contributed by atoms with Crippen LogP contribution in [0.3, 0.4) is 0 Å². The van der Waals surface area contributed by atoms with Gasteiger partial charge in [-0.3, -0.25) is 23.9 Å². The molecule has 0 unspecified atom stereocenters. The SMILES string of the molecule is CN=C[C@]1(CO[P@@](=O)(N[C@@H](C)C(=O)OC(C)C)Oc2ccccc2)O[C@@H](c2ccc3c(N)ncnn23)[C@H](OC(C)=O)[C@@H]1OC(C)=O. The number of nitrogens with one attached hydrogen (secondary N) is 1. The number of nitrogens with two attached hydrogens (primary N) is 1. The second kappa shape index (κ2) is 14.4. The zero-order chi connectivity index (χ0) is 33.6. The summed E-state index contributed by atoms with van der Waals surface area (Å²) >= 11 is 0. The third-order valence-electron chi connectivity index (χ3n) is 6.66. The van der Waals surface area contributed by atoms with Crippen molar-refractivity contribution in [1.29, 1.82) is 0 Å². The molecule has 1 fully saturated rings. The molecule has 4 rings (SSSR count). The van der Waals surface area contributed by atoms with Gasteiger partial charge < -0.3 is 29.2 Å². The van der Waals surface area contributed by atoms with Gasteiger partial charge in [0.25, 0.3) is 0 Å². The van der Waals surface area contributed by atoms with Gasteiger partial charge >= 0.3 is 25.7 Å². The van der Waals surface area contributed by atoms with Crippen LogP contribution in [0.2, 0.25) is 0 Å². The van der Waals surface area contributed by atoms with Crippen molar-refractivity contribution < 1.29 is 46.9 Å². The van der Waals surface area contributed by atoms with Gasteiger partial charge in [-0.25, -0.2) is 14.1 Å². The zero-order valence-electron chi connectivity index (χ0n) is 26.2. The normalized spacial score (nSPS) is 23.2. The molecule has 17 heteroatoms. The fraction of sp³-hybridized carbons (Fsp3) is 0.448. The van der Waals surface area contributed by atoms with E-state index in [0.717, 1.165) is 0 Å². The Morgan fingerprint density at radius 3 is 2.46 bits per heavy atom. The fourth-order valence-electron chi connectivity index (χ4n) is 4.88. The molecule has 3 aromatic rings. The van der Waals surface area contributed by atoms with Gasteiger partial charge in [-0.2, -0.15) is 10.2 Å². The molecule has 3 heterocycles. The molecule has 0 bridgehead atoms. The molecule has 2 aromatic heterocycles. The number of aliphatic imine (C=N–C) groups is 1. The van der Waals surface area contributed by atoms with E-state index in [0.29, 0.717) is 11.2 Å². The first kappa shape index (κ1) is 34.5. The number of fused-ring (bicyclic) bond motifs is 1. The lowest BCUT2D eigenvalue weighted by molar-refractivity contribution is -0.166. The van der Waals surface area contributed by atoms with Gasteiger partial charge in [-0.1, -0.05) is 18.2 Å². The number of ether oxygens (including phenoxy) is 4. The van der Waals surface area contributed by atoms with E-state index in [4.69, 9.17) is 33.7 Å². The largest absolute Gasteiger partial charge is 0.462 e. The van der Waals surface area contributed by atoms with Crippen LogP contribution in [0.1, 0.15) is 46.4 Å². The number of nitrogens with zero attached hydrogens (tertiary/aromatic N) is 4. The highest BCUT2D eigenvalue weighted by Crippen LogP contribution is 2.49. The van der Waals surface area contributed by atoms with E-state index >= 15 is 0 Å². The molecule has 0 saturated carbocycles. The van der Waals surface area contributed by atoms with Crippen LogP contribution < -0.4 is 15.3 Å². The molecule has 1 aliphatic heterocycles. The molecule has 1 saturated heterocycles. The Hall–Kier alpha value is -4.37. The van der Waals surface area contributed by atoms with Gasteiger partial charge in [0.05, 0.1) is 18.4 Å². The van der Waals surface area contributed by atoms with E-state index in [1.165, 1.54) is 44.9 Å². The van der Waals surface area contributed by atoms with E-state index < -0.39 is 68.3 Å². The Morgan fingerprint density at radius 2 is 1.83 bits per heavy atom. The van der Waals surface area contributed by atoms with E-state index in [1.54, 1.807) is 56.3 Å². The van der Waals surface area contributed by atoms with Crippen molar-refractivity contribution in [3.8, 4) is 5.75 Å². The predicted molar refractivity (Wildman–Crippen MR) is 164 cm³/mol.